The van der Waals surface area contributed by atoms with E-state index in [1.54, 1.807) is 0 Å². The molecule has 3 nitrogen and oxygen atoms in total. The van der Waals surface area contributed by atoms with Crippen molar-refractivity contribution in [2.24, 2.45) is 11.8 Å². The molecule has 0 aromatic heterocycles. The van der Waals surface area contributed by atoms with Gasteiger partial charge in [0.1, 0.15) is 0 Å². The van der Waals surface area contributed by atoms with Crippen LogP contribution < -0.4 is 0 Å². The maximum atomic E-state index is 11.1. The molecule has 0 amide bonds. The third-order valence-electron chi connectivity index (χ3n) is 3.11. The Kier molecular flexibility index (Phi) is 0.969. The first kappa shape index (κ1) is 6.00. The molecule has 0 spiro atoms. The third kappa shape index (κ3) is 0.601. The summed E-state index contributed by atoms with van der Waals surface area (Å²) in [6, 6.07) is 0. The molecule has 0 aromatic carbocycles. The van der Waals surface area contributed by atoms with Gasteiger partial charge in [-0.15, -0.1) is 0 Å². The molecule has 0 aromatic rings. The van der Waals surface area contributed by atoms with Crippen LogP contribution in [-0.2, 0) is 14.3 Å². The number of ether oxygens (including phenoxy) is 2. The zero-order valence-corrected chi connectivity index (χ0v) is 6.16. The van der Waals surface area contributed by atoms with Crippen molar-refractivity contribution in [3.05, 3.63) is 0 Å². The largest absolute Gasteiger partial charge is 0.465 e. The van der Waals surface area contributed by atoms with E-state index in [9.17, 15) is 4.79 Å². The molecule has 2 bridgehead atoms. The van der Waals surface area contributed by atoms with Crippen molar-refractivity contribution in [1.29, 1.82) is 0 Å². The van der Waals surface area contributed by atoms with Crippen molar-refractivity contribution in [2.75, 3.05) is 6.61 Å². The van der Waals surface area contributed by atoms with Gasteiger partial charge in [-0.1, -0.05) is 0 Å². The highest BCUT2D eigenvalue weighted by Gasteiger charge is 2.56. The number of hydrogen-bond donors (Lipinski definition) is 0. The molecule has 4 atom stereocenters. The number of carbonyl (C=O) groups excluding carboxylic acids is 1. The maximum absolute atomic E-state index is 11.1. The summed E-state index contributed by atoms with van der Waals surface area (Å²) in [7, 11) is 0. The fourth-order valence-electron chi connectivity index (χ4n) is 2.59. The number of carbonyl (C=O) groups is 1. The van der Waals surface area contributed by atoms with Crippen LogP contribution in [0.3, 0.4) is 0 Å². The summed E-state index contributed by atoms with van der Waals surface area (Å²) in [5.41, 5.74) is 0. The van der Waals surface area contributed by atoms with Crippen LogP contribution in [0.1, 0.15) is 12.8 Å². The molecule has 3 aliphatic rings. The lowest BCUT2D eigenvalue weighted by Gasteiger charge is -2.14. The molecular formula is C8H10O3. The summed E-state index contributed by atoms with van der Waals surface area (Å²) in [6.07, 6.45) is 2.71. The minimum absolute atomic E-state index is 0.0257. The highest BCUT2D eigenvalue weighted by atomic mass is 16.6. The van der Waals surface area contributed by atoms with Gasteiger partial charge in [0.05, 0.1) is 24.7 Å². The minimum atomic E-state index is -0.0257. The lowest BCUT2D eigenvalue weighted by Crippen LogP contribution is -2.27. The second kappa shape index (κ2) is 1.78. The predicted octanol–water partition coefficient (Wildman–Crippen LogP) is 0.337. The van der Waals surface area contributed by atoms with Crippen molar-refractivity contribution in [3.8, 4) is 0 Å². The topological polar surface area (TPSA) is 35.5 Å². The zero-order chi connectivity index (χ0) is 7.42. The minimum Gasteiger partial charge on any atom is -0.465 e. The van der Waals surface area contributed by atoms with Crippen LogP contribution in [0.15, 0.2) is 0 Å². The Balaban J connectivity index is 1.97. The summed E-state index contributed by atoms with van der Waals surface area (Å²) in [5, 5.41) is 0. The third-order valence-corrected chi connectivity index (χ3v) is 3.11. The van der Waals surface area contributed by atoms with E-state index in [4.69, 9.17) is 9.47 Å². The normalized spacial score (nSPS) is 52.9. The molecule has 3 rings (SSSR count). The van der Waals surface area contributed by atoms with Crippen LogP contribution in [0.4, 0.5) is 0 Å². The number of hydrogen-bond acceptors (Lipinski definition) is 3. The van der Waals surface area contributed by atoms with Gasteiger partial charge in [-0.25, -0.2) is 0 Å². The van der Waals surface area contributed by atoms with Crippen molar-refractivity contribution in [1.82, 2.24) is 0 Å². The molecule has 0 radical (unpaired) electrons. The van der Waals surface area contributed by atoms with Crippen LogP contribution >= 0.6 is 0 Å². The van der Waals surface area contributed by atoms with Gasteiger partial charge in [0.25, 0.3) is 0 Å². The van der Waals surface area contributed by atoms with Crippen LogP contribution in [0.25, 0.3) is 0 Å². The van der Waals surface area contributed by atoms with Gasteiger partial charge in [-0.05, 0) is 12.8 Å². The standard InChI is InChI=1S/C8H10O3/c9-8-7-4(3-10-8)5-1-2-6(7)11-5/h4-7H,1-3H2. The Morgan fingerprint density at radius 3 is 2.91 bits per heavy atom. The van der Waals surface area contributed by atoms with E-state index in [1.807, 2.05) is 0 Å². The second-order valence-electron chi connectivity index (χ2n) is 3.61. The molecule has 3 heteroatoms. The molecule has 0 saturated carbocycles. The van der Waals surface area contributed by atoms with Crippen molar-refractivity contribution in [2.45, 2.75) is 25.0 Å². The van der Waals surface area contributed by atoms with Crippen LogP contribution in [0, 0.1) is 11.8 Å². The maximum Gasteiger partial charge on any atom is 0.312 e. The Bertz CT molecular complexity index is 213. The lowest BCUT2D eigenvalue weighted by molar-refractivity contribution is -0.143. The summed E-state index contributed by atoms with van der Waals surface area (Å²) in [5.74, 6) is 0.456. The summed E-state index contributed by atoms with van der Waals surface area (Å²) in [6.45, 7) is 0.602. The molecular weight excluding hydrogens is 144 g/mol. The second-order valence-corrected chi connectivity index (χ2v) is 3.61. The average molecular weight is 154 g/mol. The fourth-order valence-corrected chi connectivity index (χ4v) is 2.59. The van der Waals surface area contributed by atoms with E-state index in [1.165, 1.54) is 0 Å². The van der Waals surface area contributed by atoms with E-state index in [-0.39, 0.29) is 18.0 Å². The highest BCUT2D eigenvalue weighted by molar-refractivity contribution is 5.76. The molecule has 3 saturated heterocycles. The SMILES string of the molecule is O=C1OCC2C3CCC(O3)C12. The first-order valence-electron chi connectivity index (χ1n) is 4.18. The summed E-state index contributed by atoms with van der Waals surface area (Å²) in [4.78, 5) is 11.1. The van der Waals surface area contributed by atoms with Gasteiger partial charge in [-0.2, -0.15) is 0 Å². The van der Waals surface area contributed by atoms with Gasteiger partial charge in [0.2, 0.25) is 0 Å². The van der Waals surface area contributed by atoms with Crippen LogP contribution in [0.5, 0.6) is 0 Å². The Morgan fingerprint density at radius 1 is 1.27 bits per heavy atom. The molecule has 60 valence electrons. The van der Waals surface area contributed by atoms with Gasteiger partial charge < -0.3 is 9.47 Å². The average Bonchev–Trinajstić information content (AvgIpc) is 2.60. The molecule has 11 heavy (non-hydrogen) atoms. The molecule has 3 aliphatic heterocycles. The number of fused-ring (bicyclic) bond motifs is 5. The molecule has 3 heterocycles. The fraction of sp³-hybridized carbons (Fsp3) is 0.875. The summed E-state index contributed by atoms with van der Waals surface area (Å²) < 4.78 is 10.6. The van der Waals surface area contributed by atoms with E-state index >= 15 is 0 Å². The summed E-state index contributed by atoms with van der Waals surface area (Å²) >= 11 is 0. The number of rotatable bonds is 0. The zero-order valence-electron chi connectivity index (χ0n) is 6.16. The number of esters is 1. The quantitative estimate of drug-likeness (QED) is 0.472. The van der Waals surface area contributed by atoms with Crippen LogP contribution in [-0.4, -0.2) is 24.8 Å². The van der Waals surface area contributed by atoms with E-state index in [0.717, 1.165) is 12.8 Å². The molecule has 4 unspecified atom stereocenters. The first-order valence-corrected chi connectivity index (χ1v) is 4.18. The lowest BCUT2D eigenvalue weighted by atomic mass is 9.81. The first-order chi connectivity index (χ1) is 5.36. The van der Waals surface area contributed by atoms with E-state index in [0.29, 0.717) is 18.6 Å². The Labute approximate surface area is 64.7 Å². The van der Waals surface area contributed by atoms with Gasteiger partial charge >= 0.3 is 5.97 Å². The molecule has 0 N–H and O–H groups in total. The van der Waals surface area contributed by atoms with Gasteiger partial charge in [0, 0.05) is 5.92 Å². The predicted molar refractivity (Wildman–Crippen MR) is 35.8 cm³/mol. The molecule has 3 fully saturated rings. The van der Waals surface area contributed by atoms with Crippen molar-refractivity contribution >= 4 is 5.97 Å². The smallest absolute Gasteiger partial charge is 0.312 e. The van der Waals surface area contributed by atoms with Crippen molar-refractivity contribution in [3.63, 3.8) is 0 Å². The van der Waals surface area contributed by atoms with Gasteiger partial charge in [-0.3, -0.25) is 4.79 Å². The van der Waals surface area contributed by atoms with Gasteiger partial charge in [0.15, 0.2) is 0 Å². The number of cyclic esters (lactones) is 1. The van der Waals surface area contributed by atoms with Crippen LogP contribution in [0.2, 0.25) is 0 Å². The Hall–Kier alpha value is -0.570. The molecule has 0 aliphatic carbocycles. The van der Waals surface area contributed by atoms with E-state index < -0.39 is 0 Å². The monoisotopic (exact) mass is 154 g/mol. The van der Waals surface area contributed by atoms with Crippen molar-refractivity contribution < 1.29 is 14.3 Å². The van der Waals surface area contributed by atoms with E-state index in [2.05, 4.69) is 0 Å². The Morgan fingerprint density at radius 2 is 2.09 bits per heavy atom. The highest BCUT2D eigenvalue weighted by Crippen LogP contribution is 2.46.